The van der Waals surface area contributed by atoms with Crippen molar-refractivity contribution < 1.29 is 5.11 Å². The van der Waals surface area contributed by atoms with Crippen molar-refractivity contribution in [2.45, 2.75) is 13.0 Å². The number of nitrogens with zero attached hydrogens (tertiary/aromatic N) is 2. The van der Waals surface area contributed by atoms with Gasteiger partial charge in [-0.15, -0.1) is 0 Å². The minimum absolute atomic E-state index is 0.0807. The molecule has 0 radical (unpaired) electrons. The van der Waals surface area contributed by atoms with E-state index in [0.29, 0.717) is 0 Å². The SMILES string of the molecule is CN1CCCN(Cc2cccc(C#CCO)c2)CC1. The molecule has 0 amide bonds. The Morgan fingerprint density at radius 2 is 2.11 bits per heavy atom. The van der Waals surface area contributed by atoms with Crippen molar-refractivity contribution in [2.24, 2.45) is 0 Å². The van der Waals surface area contributed by atoms with Crippen molar-refractivity contribution in [3.8, 4) is 11.8 Å². The first-order valence-corrected chi connectivity index (χ1v) is 6.87. The van der Waals surface area contributed by atoms with Gasteiger partial charge in [0.05, 0.1) is 0 Å². The van der Waals surface area contributed by atoms with E-state index in [-0.39, 0.29) is 6.61 Å². The van der Waals surface area contributed by atoms with Gasteiger partial charge >= 0.3 is 0 Å². The van der Waals surface area contributed by atoms with Crippen LogP contribution in [0.2, 0.25) is 0 Å². The third-order valence-corrected chi connectivity index (χ3v) is 3.46. The number of hydrogen-bond donors (Lipinski definition) is 1. The summed E-state index contributed by atoms with van der Waals surface area (Å²) >= 11 is 0. The Balaban J connectivity index is 1.98. The van der Waals surface area contributed by atoms with Gasteiger partial charge < -0.3 is 10.0 Å². The molecule has 1 aromatic rings. The highest BCUT2D eigenvalue weighted by molar-refractivity contribution is 5.37. The molecule has 0 saturated carbocycles. The lowest BCUT2D eigenvalue weighted by atomic mass is 10.1. The number of aliphatic hydroxyl groups excluding tert-OH is 1. The third kappa shape index (κ3) is 4.68. The number of likely N-dealkylation sites (N-methyl/N-ethyl adjacent to an activating group) is 1. The Hall–Kier alpha value is -1.34. The number of rotatable bonds is 2. The third-order valence-electron chi connectivity index (χ3n) is 3.46. The Labute approximate surface area is 115 Å². The van der Waals surface area contributed by atoms with Crippen LogP contribution in [-0.4, -0.2) is 54.7 Å². The molecule has 0 aliphatic carbocycles. The van der Waals surface area contributed by atoms with Crippen molar-refractivity contribution in [1.29, 1.82) is 0 Å². The summed E-state index contributed by atoms with van der Waals surface area (Å²) in [6.07, 6.45) is 1.24. The lowest BCUT2D eigenvalue weighted by Gasteiger charge is -2.20. The molecule has 102 valence electrons. The summed E-state index contributed by atoms with van der Waals surface area (Å²) in [4.78, 5) is 4.89. The fourth-order valence-corrected chi connectivity index (χ4v) is 2.41. The van der Waals surface area contributed by atoms with E-state index in [2.05, 4.69) is 40.8 Å². The van der Waals surface area contributed by atoms with Crippen LogP contribution in [0.3, 0.4) is 0 Å². The van der Waals surface area contributed by atoms with E-state index in [1.54, 1.807) is 0 Å². The zero-order valence-electron chi connectivity index (χ0n) is 11.6. The van der Waals surface area contributed by atoms with E-state index >= 15 is 0 Å². The van der Waals surface area contributed by atoms with Crippen LogP contribution in [-0.2, 0) is 6.54 Å². The van der Waals surface area contributed by atoms with Crippen molar-refractivity contribution in [1.82, 2.24) is 9.80 Å². The highest BCUT2D eigenvalue weighted by Crippen LogP contribution is 2.10. The second-order valence-electron chi connectivity index (χ2n) is 5.09. The van der Waals surface area contributed by atoms with Gasteiger partial charge in [-0.3, -0.25) is 4.90 Å². The molecule has 1 N–H and O–H groups in total. The van der Waals surface area contributed by atoms with Gasteiger partial charge in [-0.2, -0.15) is 0 Å². The monoisotopic (exact) mass is 258 g/mol. The molecule has 1 heterocycles. The summed E-state index contributed by atoms with van der Waals surface area (Å²) in [5.41, 5.74) is 2.28. The quantitative estimate of drug-likeness (QED) is 0.807. The van der Waals surface area contributed by atoms with Crippen molar-refractivity contribution >= 4 is 0 Å². The summed E-state index contributed by atoms with van der Waals surface area (Å²) in [6, 6.07) is 8.30. The van der Waals surface area contributed by atoms with E-state index < -0.39 is 0 Å². The molecule has 1 aliphatic heterocycles. The molecule has 0 unspecified atom stereocenters. The Kier molecular flexibility index (Phi) is 5.41. The minimum Gasteiger partial charge on any atom is -0.384 e. The predicted molar refractivity (Wildman–Crippen MR) is 77.8 cm³/mol. The smallest absolute Gasteiger partial charge is 0.104 e. The zero-order valence-corrected chi connectivity index (χ0v) is 11.6. The molecule has 3 heteroatoms. The number of aliphatic hydroxyl groups is 1. The minimum atomic E-state index is -0.0807. The van der Waals surface area contributed by atoms with Crippen LogP contribution in [0.5, 0.6) is 0 Å². The van der Waals surface area contributed by atoms with E-state index in [0.717, 1.165) is 31.7 Å². The van der Waals surface area contributed by atoms with Crippen LogP contribution in [0, 0.1) is 11.8 Å². The van der Waals surface area contributed by atoms with E-state index in [4.69, 9.17) is 5.11 Å². The van der Waals surface area contributed by atoms with Gasteiger partial charge in [0.1, 0.15) is 6.61 Å². The summed E-state index contributed by atoms with van der Waals surface area (Å²) in [6.45, 7) is 5.54. The first-order chi connectivity index (χ1) is 9.28. The fourth-order valence-electron chi connectivity index (χ4n) is 2.41. The first-order valence-electron chi connectivity index (χ1n) is 6.87. The Morgan fingerprint density at radius 3 is 2.95 bits per heavy atom. The van der Waals surface area contributed by atoms with Gasteiger partial charge in [0.15, 0.2) is 0 Å². The summed E-state index contributed by atoms with van der Waals surface area (Å²) in [7, 11) is 2.19. The highest BCUT2D eigenvalue weighted by atomic mass is 16.2. The van der Waals surface area contributed by atoms with Crippen molar-refractivity contribution in [3.05, 3.63) is 35.4 Å². The number of hydrogen-bond acceptors (Lipinski definition) is 3. The summed E-state index contributed by atoms with van der Waals surface area (Å²) in [5, 5.41) is 8.73. The standard InChI is InChI=1S/C16H22N2O/c1-17-8-4-9-18(11-10-17)14-16-6-2-5-15(13-16)7-3-12-19/h2,5-6,13,19H,4,8-12,14H2,1H3. The van der Waals surface area contributed by atoms with Crippen LogP contribution >= 0.6 is 0 Å². The van der Waals surface area contributed by atoms with Crippen LogP contribution in [0.4, 0.5) is 0 Å². The van der Waals surface area contributed by atoms with E-state index in [1.807, 2.05) is 12.1 Å². The molecule has 1 aliphatic rings. The lowest BCUT2D eigenvalue weighted by Crippen LogP contribution is -2.28. The maximum absolute atomic E-state index is 8.73. The highest BCUT2D eigenvalue weighted by Gasteiger charge is 2.12. The fraction of sp³-hybridized carbons (Fsp3) is 0.500. The molecule has 3 nitrogen and oxygen atoms in total. The largest absolute Gasteiger partial charge is 0.384 e. The zero-order chi connectivity index (χ0) is 13.5. The van der Waals surface area contributed by atoms with Gasteiger partial charge in [0, 0.05) is 25.2 Å². The predicted octanol–water partition coefficient (Wildman–Crippen LogP) is 1.17. The summed E-state index contributed by atoms with van der Waals surface area (Å²) in [5.74, 6) is 5.66. The molecule has 0 atom stereocenters. The average Bonchev–Trinajstić information content (AvgIpc) is 2.62. The van der Waals surface area contributed by atoms with Gasteiger partial charge in [-0.25, -0.2) is 0 Å². The second-order valence-corrected chi connectivity index (χ2v) is 5.09. The maximum atomic E-state index is 8.73. The maximum Gasteiger partial charge on any atom is 0.104 e. The second kappa shape index (κ2) is 7.30. The molecule has 0 spiro atoms. The molecule has 0 aromatic heterocycles. The van der Waals surface area contributed by atoms with Crippen molar-refractivity contribution in [3.63, 3.8) is 0 Å². The van der Waals surface area contributed by atoms with Crippen LogP contribution in [0.15, 0.2) is 24.3 Å². The molecule has 19 heavy (non-hydrogen) atoms. The molecule has 1 fully saturated rings. The van der Waals surface area contributed by atoms with Crippen LogP contribution < -0.4 is 0 Å². The molecule has 0 bridgehead atoms. The molecule has 2 rings (SSSR count). The van der Waals surface area contributed by atoms with Gasteiger partial charge in [0.2, 0.25) is 0 Å². The van der Waals surface area contributed by atoms with Gasteiger partial charge in [-0.05, 0) is 44.3 Å². The molecule has 1 aromatic carbocycles. The lowest BCUT2D eigenvalue weighted by molar-refractivity contribution is 0.269. The normalized spacial score (nSPS) is 17.6. The van der Waals surface area contributed by atoms with Gasteiger partial charge in [0.25, 0.3) is 0 Å². The average molecular weight is 258 g/mol. The molecular weight excluding hydrogens is 236 g/mol. The number of benzene rings is 1. The topological polar surface area (TPSA) is 26.7 Å². The molecule has 1 saturated heterocycles. The van der Waals surface area contributed by atoms with Crippen LogP contribution in [0.1, 0.15) is 17.5 Å². The first kappa shape index (κ1) is 14.1. The molecular formula is C16H22N2O. The Morgan fingerprint density at radius 1 is 1.21 bits per heavy atom. The Bertz CT molecular complexity index is 461. The van der Waals surface area contributed by atoms with E-state index in [9.17, 15) is 0 Å². The van der Waals surface area contributed by atoms with Gasteiger partial charge in [-0.1, -0.05) is 24.0 Å². The van der Waals surface area contributed by atoms with Crippen LogP contribution in [0.25, 0.3) is 0 Å². The van der Waals surface area contributed by atoms with Crippen molar-refractivity contribution in [2.75, 3.05) is 39.8 Å². The van der Waals surface area contributed by atoms with E-state index in [1.165, 1.54) is 18.5 Å². The summed E-state index contributed by atoms with van der Waals surface area (Å²) < 4.78 is 0.